The van der Waals surface area contributed by atoms with Crippen LogP contribution in [-0.2, 0) is 67.3 Å². The Morgan fingerprint density at radius 1 is 0.557 bits per heavy atom. The van der Waals surface area contributed by atoms with Gasteiger partial charge in [0, 0.05) is 88.2 Å². The Labute approximate surface area is 566 Å². The van der Waals surface area contributed by atoms with Gasteiger partial charge >= 0.3 is 24.1 Å². The number of primary amides is 2. The number of aliphatic hydroxyl groups is 1. The number of nitrogens with one attached hydrogen (secondary N) is 1. The van der Waals surface area contributed by atoms with Crippen molar-refractivity contribution in [3.05, 3.63) is 88.0 Å². The lowest BCUT2D eigenvalue weighted by Crippen LogP contribution is -2.45. The SMILES string of the molecule is CC(C)(C)OC(=O)CCC(C(N)=O)N1Cc2cc(O[C@H]3CCN(C(=O)OC(C)(C)C)C3)ccc2C1=O.CC(C)(C)OC(=O)CC[C@@H](C(N)=O)N1Cc2cc(O)ccc2C1=O.CC(C)(C)OC(=O)N1CC[C@@H](O)C1.O=C1CC[C@H](N2Cc3cc(O[C@H]4CCNC4)ccc3C2=O)C(=O)C1. The highest BCUT2D eigenvalue weighted by molar-refractivity contribution is 6.08. The van der Waals surface area contributed by atoms with Crippen molar-refractivity contribution in [1.29, 1.82) is 0 Å². The van der Waals surface area contributed by atoms with Crippen molar-refractivity contribution in [2.75, 3.05) is 39.3 Å². The smallest absolute Gasteiger partial charge is 0.410 e. The zero-order valence-corrected chi connectivity index (χ0v) is 57.8. The molecule has 1 unspecified atom stereocenters. The van der Waals surface area contributed by atoms with Gasteiger partial charge in [-0.3, -0.25) is 43.2 Å². The first kappa shape index (κ1) is 75.5. The fourth-order valence-corrected chi connectivity index (χ4v) is 11.9. The minimum atomic E-state index is -0.931. The van der Waals surface area contributed by atoms with E-state index in [-0.39, 0.29) is 111 Å². The number of hydrogen-bond acceptors (Lipinski definition) is 20. The number of fused-ring (bicyclic) bond motifs is 3. The fourth-order valence-electron chi connectivity index (χ4n) is 11.9. The number of amides is 7. The van der Waals surface area contributed by atoms with Crippen molar-refractivity contribution in [3.63, 3.8) is 0 Å². The van der Waals surface area contributed by atoms with Crippen LogP contribution < -0.4 is 26.3 Å². The van der Waals surface area contributed by atoms with Gasteiger partial charge in [-0.2, -0.15) is 0 Å². The number of phenolic OH excluding ortho intramolecular Hbond substituents is 1. The number of benzene rings is 3. The molecule has 27 heteroatoms. The molecule has 6 atom stereocenters. The number of esters is 2. The quantitative estimate of drug-likeness (QED) is 0.0625. The molecule has 97 heavy (non-hydrogen) atoms. The highest BCUT2D eigenvalue weighted by Crippen LogP contribution is 2.35. The van der Waals surface area contributed by atoms with Crippen LogP contribution in [0.2, 0.25) is 0 Å². The second-order valence-electron chi connectivity index (χ2n) is 29.2. The van der Waals surface area contributed by atoms with E-state index in [1.165, 1.54) is 32.9 Å². The lowest BCUT2D eigenvalue weighted by Gasteiger charge is -2.29. The molecule has 0 radical (unpaired) electrons. The van der Waals surface area contributed by atoms with Gasteiger partial charge in [0.15, 0.2) is 5.78 Å². The minimum Gasteiger partial charge on any atom is -0.508 e. The van der Waals surface area contributed by atoms with E-state index >= 15 is 0 Å². The molecule has 7 amide bonds. The highest BCUT2D eigenvalue weighted by Gasteiger charge is 2.41. The van der Waals surface area contributed by atoms with E-state index in [9.17, 15) is 63.0 Å². The second kappa shape index (κ2) is 31.6. The van der Waals surface area contributed by atoms with Gasteiger partial charge in [-0.25, -0.2) is 9.59 Å². The standard InChI is InChI=1S/C26H37N3O7.C18H20N2O4.C17H22N2O5.C9H17NO3/c1-25(2,3)35-21(30)10-9-20(22(27)31)29-14-16-13-17(7-8-19(16)23(29)32)34-18-11-12-28(15-18)24(33)36-26(4,5)6;21-12-1-4-16(17(22)8-12)20-10-11-7-13(2-3-15(11)18(20)23)24-14-5-6-19-9-14;1-17(2,3)24-14(21)7-6-13(15(18)22)19-9-10-8-11(20)4-5-12(10)16(19)23;1-9(2,3)13-8(12)10-5-4-7(11)6-10/h7-8,13,18,20H,9-12,14-15H2,1-6H3,(H2,27,31);2-3,7,14,16,19H,1,4-6,8-10H2;4-5,8,13,20H,6-7,9H2,1-3H3,(H2,18,22);7,11H,4-6H2,1-3H3/t18-,20?;14-,16-;13-;7-/m0001/s1. The number of nitrogens with zero attached hydrogens (tertiary/aromatic N) is 5. The summed E-state index contributed by atoms with van der Waals surface area (Å²) in [6.45, 7) is 26.0. The second-order valence-corrected chi connectivity index (χ2v) is 29.2. The molecule has 0 aromatic heterocycles. The Hall–Kier alpha value is -8.85. The van der Waals surface area contributed by atoms with Crippen LogP contribution in [0.25, 0.3) is 0 Å². The van der Waals surface area contributed by atoms with Crippen LogP contribution in [0.4, 0.5) is 9.59 Å². The van der Waals surface area contributed by atoms with Crippen LogP contribution in [0.1, 0.15) is 195 Å². The Kier molecular flexibility index (Phi) is 24.6. The average Bonchev–Trinajstić information content (AvgIpc) is 1.66. The van der Waals surface area contributed by atoms with Crippen LogP contribution >= 0.6 is 0 Å². The van der Waals surface area contributed by atoms with E-state index < -0.39 is 64.3 Å². The predicted octanol–water partition coefficient (Wildman–Crippen LogP) is 6.39. The number of rotatable bonds is 15. The summed E-state index contributed by atoms with van der Waals surface area (Å²) in [6.07, 6.45) is 2.07. The summed E-state index contributed by atoms with van der Waals surface area (Å²) in [7, 11) is 0. The first-order valence-corrected chi connectivity index (χ1v) is 33.0. The number of aliphatic hydroxyl groups excluding tert-OH is 1. The van der Waals surface area contributed by atoms with Crippen LogP contribution in [0.5, 0.6) is 17.2 Å². The van der Waals surface area contributed by atoms with Crippen LogP contribution in [0.3, 0.4) is 0 Å². The molecule has 10 rings (SSSR count). The third-order valence-corrected chi connectivity index (χ3v) is 16.3. The number of aromatic hydroxyl groups is 1. The predicted molar refractivity (Wildman–Crippen MR) is 352 cm³/mol. The molecule has 6 heterocycles. The lowest BCUT2D eigenvalue weighted by atomic mass is 9.92. The Morgan fingerprint density at radius 3 is 1.46 bits per heavy atom. The van der Waals surface area contributed by atoms with Crippen molar-refractivity contribution in [1.82, 2.24) is 29.8 Å². The number of ketones is 2. The molecule has 4 fully saturated rings. The number of hydrogen-bond donors (Lipinski definition) is 5. The number of nitrogens with two attached hydrogens (primary N) is 2. The van der Waals surface area contributed by atoms with Gasteiger partial charge in [0.1, 0.15) is 69.7 Å². The van der Waals surface area contributed by atoms with E-state index in [1.807, 2.05) is 53.7 Å². The van der Waals surface area contributed by atoms with Crippen molar-refractivity contribution >= 4 is 65.2 Å². The summed E-state index contributed by atoms with van der Waals surface area (Å²) in [4.78, 5) is 141. The lowest BCUT2D eigenvalue weighted by molar-refractivity contribution is -0.156. The van der Waals surface area contributed by atoms with Crippen molar-refractivity contribution in [2.24, 2.45) is 11.5 Å². The molecular formula is C70H96N8O19. The molecule has 6 aliphatic heterocycles. The Morgan fingerprint density at radius 2 is 1.01 bits per heavy atom. The number of likely N-dealkylation sites (tertiary alicyclic amines) is 2. The van der Waals surface area contributed by atoms with Crippen molar-refractivity contribution < 1.29 is 91.4 Å². The summed E-state index contributed by atoms with van der Waals surface area (Å²) in [5, 5.41) is 22.0. The molecule has 530 valence electrons. The van der Waals surface area contributed by atoms with Crippen LogP contribution in [-0.4, -0.2) is 198 Å². The Bertz CT molecular complexity index is 3450. The molecule has 1 saturated carbocycles. The maximum atomic E-state index is 13.0. The summed E-state index contributed by atoms with van der Waals surface area (Å²) in [6, 6.07) is 12.8. The van der Waals surface area contributed by atoms with E-state index in [2.05, 4.69) is 5.32 Å². The molecule has 3 aromatic rings. The zero-order valence-electron chi connectivity index (χ0n) is 57.8. The third-order valence-electron chi connectivity index (χ3n) is 16.3. The van der Waals surface area contributed by atoms with Gasteiger partial charge in [0.2, 0.25) is 11.8 Å². The summed E-state index contributed by atoms with van der Waals surface area (Å²) < 4.78 is 33.1. The number of carbonyl (C=O) groups excluding carboxylic acids is 11. The van der Waals surface area contributed by atoms with Gasteiger partial charge in [-0.1, -0.05) is 0 Å². The number of ether oxygens (including phenoxy) is 6. The normalized spacial score (nSPS) is 20.4. The summed E-state index contributed by atoms with van der Waals surface area (Å²) >= 11 is 0. The summed E-state index contributed by atoms with van der Waals surface area (Å²) in [5.74, 6) is -1.80. The third kappa shape index (κ3) is 21.8. The van der Waals surface area contributed by atoms with Gasteiger partial charge in [0.05, 0.1) is 25.1 Å². The van der Waals surface area contributed by atoms with Crippen LogP contribution in [0, 0.1) is 0 Å². The highest BCUT2D eigenvalue weighted by atomic mass is 16.6. The first-order chi connectivity index (χ1) is 45.2. The van der Waals surface area contributed by atoms with E-state index in [0.717, 1.165) is 30.8 Å². The monoisotopic (exact) mass is 1350 g/mol. The van der Waals surface area contributed by atoms with Gasteiger partial charge in [-0.05, 0) is 193 Å². The minimum absolute atomic E-state index is 0.0176. The molecular weight excluding hydrogens is 1260 g/mol. The van der Waals surface area contributed by atoms with Crippen LogP contribution in [0.15, 0.2) is 54.6 Å². The number of β-amino-alcohol motifs (C(OH)–C–C–N with tert-alkyl or cyclic N) is 1. The van der Waals surface area contributed by atoms with Crippen molar-refractivity contribution in [3.8, 4) is 17.2 Å². The largest absolute Gasteiger partial charge is 0.508 e. The molecule has 3 aromatic carbocycles. The molecule has 1 aliphatic carbocycles. The number of phenols is 1. The number of Topliss-reactive ketones (excluding diaryl/α,β-unsaturated/α-hetero) is 2. The van der Waals surface area contributed by atoms with Crippen molar-refractivity contribution in [2.45, 2.75) is 226 Å². The Balaban J connectivity index is 0.000000192. The molecule has 7 N–H and O–H groups in total. The molecule has 7 aliphatic rings. The average molecular weight is 1350 g/mol. The molecule has 27 nitrogen and oxygen atoms in total. The maximum absolute atomic E-state index is 13.0. The van der Waals surface area contributed by atoms with E-state index in [4.69, 9.17) is 39.9 Å². The van der Waals surface area contributed by atoms with Gasteiger partial charge in [-0.15, -0.1) is 0 Å². The molecule has 0 bridgehead atoms. The maximum Gasteiger partial charge on any atom is 0.410 e. The molecule has 0 spiro atoms. The fraction of sp³-hybridized carbons (Fsp3) is 0.586. The van der Waals surface area contributed by atoms with E-state index in [0.29, 0.717) is 92.0 Å². The topological polar surface area (TPSA) is 364 Å². The van der Waals surface area contributed by atoms with Gasteiger partial charge in [0.25, 0.3) is 17.7 Å². The molecule has 3 saturated heterocycles. The zero-order chi connectivity index (χ0) is 71.6. The number of carbonyl (C=O) groups is 11. The van der Waals surface area contributed by atoms with E-state index in [1.54, 1.807) is 75.6 Å². The first-order valence-electron chi connectivity index (χ1n) is 33.0. The summed E-state index contributed by atoms with van der Waals surface area (Å²) in [5.41, 5.74) is 12.5. The van der Waals surface area contributed by atoms with Gasteiger partial charge < -0.3 is 79.9 Å².